The largest absolute Gasteiger partial charge is 0.493 e. The highest BCUT2D eigenvalue weighted by atomic mass is 79.9. The van der Waals surface area contributed by atoms with Gasteiger partial charge >= 0.3 is 0 Å². The van der Waals surface area contributed by atoms with E-state index in [0.717, 1.165) is 28.1 Å². The monoisotopic (exact) mass is 299 g/mol. The lowest BCUT2D eigenvalue weighted by Gasteiger charge is -2.20. The smallest absolute Gasteiger partial charge is 0.164 e. The molecule has 1 unspecified atom stereocenters. The molecule has 4 heteroatoms. The van der Waals surface area contributed by atoms with Crippen molar-refractivity contribution in [1.82, 2.24) is 5.32 Å². The molecule has 0 aromatic heterocycles. The molecule has 1 saturated heterocycles. The van der Waals surface area contributed by atoms with Crippen LogP contribution in [0.15, 0.2) is 10.5 Å². The van der Waals surface area contributed by atoms with Crippen molar-refractivity contribution in [2.24, 2.45) is 0 Å². The molecule has 94 valence electrons. The standard InChI is InChI=1S/C13H18BrNO2/c1-8-12(10-5-4-6-15-10)9(14)7-11(16-2)13(8)17-3/h7,10,15H,4-6H2,1-3H3. The molecule has 0 aliphatic carbocycles. The first-order valence-electron chi connectivity index (χ1n) is 5.83. The predicted octanol–water partition coefficient (Wildman–Crippen LogP) is 3.20. The second-order valence-electron chi connectivity index (χ2n) is 4.28. The van der Waals surface area contributed by atoms with Crippen LogP contribution in [0.3, 0.4) is 0 Å². The number of ether oxygens (including phenoxy) is 2. The van der Waals surface area contributed by atoms with Crippen LogP contribution < -0.4 is 14.8 Å². The number of hydrogen-bond donors (Lipinski definition) is 1. The van der Waals surface area contributed by atoms with Crippen molar-refractivity contribution in [3.05, 3.63) is 21.7 Å². The molecule has 0 bridgehead atoms. The third-order valence-corrected chi connectivity index (χ3v) is 3.97. The summed E-state index contributed by atoms with van der Waals surface area (Å²) in [6.45, 7) is 3.17. The minimum Gasteiger partial charge on any atom is -0.493 e. The molecule has 1 N–H and O–H groups in total. The third kappa shape index (κ3) is 2.29. The molecule has 0 amide bonds. The van der Waals surface area contributed by atoms with Crippen LogP contribution in [0, 0.1) is 6.92 Å². The summed E-state index contributed by atoms with van der Waals surface area (Å²) < 4.78 is 11.9. The van der Waals surface area contributed by atoms with E-state index >= 15 is 0 Å². The summed E-state index contributed by atoms with van der Waals surface area (Å²) >= 11 is 3.64. The van der Waals surface area contributed by atoms with Gasteiger partial charge in [0.05, 0.1) is 14.2 Å². The number of methoxy groups -OCH3 is 2. The van der Waals surface area contributed by atoms with E-state index in [-0.39, 0.29) is 0 Å². The molecule has 1 aromatic carbocycles. The van der Waals surface area contributed by atoms with Crippen LogP contribution in [0.5, 0.6) is 11.5 Å². The van der Waals surface area contributed by atoms with E-state index in [2.05, 4.69) is 28.2 Å². The maximum absolute atomic E-state index is 5.45. The molecule has 0 spiro atoms. The van der Waals surface area contributed by atoms with Crippen molar-refractivity contribution in [1.29, 1.82) is 0 Å². The van der Waals surface area contributed by atoms with Gasteiger partial charge < -0.3 is 14.8 Å². The van der Waals surface area contributed by atoms with Crippen molar-refractivity contribution in [2.75, 3.05) is 20.8 Å². The summed E-state index contributed by atoms with van der Waals surface area (Å²) in [5, 5.41) is 3.52. The topological polar surface area (TPSA) is 30.5 Å². The fourth-order valence-corrected chi connectivity index (χ4v) is 3.29. The van der Waals surface area contributed by atoms with Crippen LogP contribution in [-0.2, 0) is 0 Å². The molecule has 3 nitrogen and oxygen atoms in total. The van der Waals surface area contributed by atoms with Crippen LogP contribution in [0.1, 0.15) is 30.0 Å². The van der Waals surface area contributed by atoms with Crippen LogP contribution >= 0.6 is 15.9 Å². The zero-order valence-corrected chi connectivity index (χ0v) is 12.1. The van der Waals surface area contributed by atoms with Gasteiger partial charge in [-0.1, -0.05) is 15.9 Å². The average molecular weight is 300 g/mol. The second kappa shape index (κ2) is 5.27. The van der Waals surface area contributed by atoms with Crippen molar-refractivity contribution in [3.8, 4) is 11.5 Å². The molecule has 1 aliphatic heterocycles. The van der Waals surface area contributed by atoms with Gasteiger partial charge in [-0.3, -0.25) is 0 Å². The lowest BCUT2D eigenvalue weighted by Crippen LogP contribution is -2.15. The summed E-state index contributed by atoms with van der Waals surface area (Å²) in [7, 11) is 3.35. The number of halogens is 1. The Balaban J connectivity index is 2.51. The van der Waals surface area contributed by atoms with Gasteiger partial charge in [0.15, 0.2) is 11.5 Å². The highest BCUT2D eigenvalue weighted by Gasteiger charge is 2.24. The van der Waals surface area contributed by atoms with Gasteiger partial charge in [-0.05, 0) is 37.9 Å². The molecule has 1 fully saturated rings. The van der Waals surface area contributed by atoms with Gasteiger partial charge in [0, 0.05) is 16.1 Å². The Bertz CT molecular complexity index is 414. The summed E-state index contributed by atoms with van der Waals surface area (Å²) in [6.07, 6.45) is 2.40. The third-order valence-electron chi connectivity index (χ3n) is 3.32. The molecule has 1 atom stereocenters. The maximum atomic E-state index is 5.45. The van der Waals surface area contributed by atoms with Gasteiger partial charge in [-0.2, -0.15) is 0 Å². The first kappa shape index (κ1) is 12.7. The second-order valence-corrected chi connectivity index (χ2v) is 5.14. The van der Waals surface area contributed by atoms with Gasteiger partial charge in [0.25, 0.3) is 0 Å². The van der Waals surface area contributed by atoms with Gasteiger partial charge in [0.1, 0.15) is 0 Å². The highest BCUT2D eigenvalue weighted by molar-refractivity contribution is 9.10. The Kier molecular flexibility index (Phi) is 3.94. The number of rotatable bonds is 3. The molecule has 1 heterocycles. The Labute approximate surface area is 111 Å². The Hall–Kier alpha value is -0.740. The zero-order valence-electron chi connectivity index (χ0n) is 10.5. The summed E-state index contributed by atoms with van der Waals surface area (Å²) in [5.74, 6) is 1.61. The number of hydrogen-bond acceptors (Lipinski definition) is 3. The normalized spacial score (nSPS) is 19.4. The molecule has 0 radical (unpaired) electrons. The quantitative estimate of drug-likeness (QED) is 0.930. The zero-order chi connectivity index (χ0) is 12.4. The van der Waals surface area contributed by atoms with E-state index in [0.29, 0.717) is 6.04 Å². The van der Waals surface area contributed by atoms with Gasteiger partial charge in [-0.25, -0.2) is 0 Å². The molecular weight excluding hydrogens is 282 g/mol. The molecule has 1 aliphatic rings. The predicted molar refractivity (Wildman–Crippen MR) is 72.0 cm³/mol. The summed E-state index contributed by atoms with van der Waals surface area (Å²) in [5.41, 5.74) is 2.44. The van der Waals surface area contributed by atoms with E-state index in [1.165, 1.54) is 18.4 Å². The van der Waals surface area contributed by atoms with Gasteiger partial charge in [0.2, 0.25) is 0 Å². The van der Waals surface area contributed by atoms with Crippen molar-refractivity contribution in [3.63, 3.8) is 0 Å². The van der Waals surface area contributed by atoms with E-state index in [9.17, 15) is 0 Å². The maximum Gasteiger partial charge on any atom is 0.164 e. The number of benzene rings is 1. The first-order valence-corrected chi connectivity index (χ1v) is 6.62. The molecule has 2 rings (SSSR count). The fraction of sp³-hybridized carbons (Fsp3) is 0.538. The SMILES string of the molecule is COc1cc(Br)c(C2CCCN2)c(C)c1OC. The van der Waals surface area contributed by atoms with Gasteiger partial charge in [-0.15, -0.1) is 0 Å². The summed E-state index contributed by atoms with van der Waals surface area (Å²) in [6, 6.07) is 2.41. The summed E-state index contributed by atoms with van der Waals surface area (Å²) in [4.78, 5) is 0. The average Bonchev–Trinajstić information content (AvgIpc) is 2.82. The van der Waals surface area contributed by atoms with E-state index in [1.807, 2.05) is 6.07 Å². The highest BCUT2D eigenvalue weighted by Crippen LogP contribution is 2.42. The minimum atomic E-state index is 0.421. The van der Waals surface area contributed by atoms with Crippen LogP contribution in [0.4, 0.5) is 0 Å². The molecule has 0 saturated carbocycles. The number of nitrogens with one attached hydrogen (secondary N) is 1. The van der Waals surface area contributed by atoms with Crippen LogP contribution in [0.2, 0.25) is 0 Å². The molecular formula is C13H18BrNO2. The Morgan fingerprint density at radius 2 is 2.12 bits per heavy atom. The fourth-order valence-electron chi connectivity index (χ4n) is 2.51. The van der Waals surface area contributed by atoms with E-state index < -0.39 is 0 Å². The van der Waals surface area contributed by atoms with Crippen molar-refractivity contribution in [2.45, 2.75) is 25.8 Å². The molecule has 17 heavy (non-hydrogen) atoms. The Morgan fingerprint density at radius 3 is 2.65 bits per heavy atom. The van der Waals surface area contributed by atoms with Crippen LogP contribution in [0.25, 0.3) is 0 Å². The van der Waals surface area contributed by atoms with E-state index in [1.54, 1.807) is 14.2 Å². The van der Waals surface area contributed by atoms with E-state index in [4.69, 9.17) is 9.47 Å². The van der Waals surface area contributed by atoms with Crippen LogP contribution in [-0.4, -0.2) is 20.8 Å². The molecule has 1 aromatic rings. The van der Waals surface area contributed by atoms with Crippen molar-refractivity contribution < 1.29 is 9.47 Å². The lowest BCUT2D eigenvalue weighted by molar-refractivity contribution is 0.351. The lowest BCUT2D eigenvalue weighted by atomic mass is 9.98. The Morgan fingerprint density at radius 1 is 1.35 bits per heavy atom. The minimum absolute atomic E-state index is 0.421. The van der Waals surface area contributed by atoms with Crippen molar-refractivity contribution >= 4 is 15.9 Å². The first-order chi connectivity index (χ1) is 8.19.